The van der Waals surface area contributed by atoms with Gasteiger partial charge in [-0.15, -0.1) is 0 Å². The first kappa shape index (κ1) is 14.1. The van der Waals surface area contributed by atoms with E-state index in [-0.39, 0.29) is 5.82 Å². The summed E-state index contributed by atoms with van der Waals surface area (Å²) in [7, 11) is 2.02. The van der Waals surface area contributed by atoms with E-state index < -0.39 is 0 Å². The standard InChI is InChI=1S/C14H23FN2/c1-12(2)10-16-8-9-17(3)11-13-6-4-5-7-14(13)15/h4-7,12,16H,8-11H2,1-3H3. The normalized spacial score (nSPS) is 11.4. The van der Waals surface area contributed by atoms with Gasteiger partial charge in [-0.1, -0.05) is 32.0 Å². The van der Waals surface area contributed by atoms with Crippen LogP contribution in [-0.4, -0.2) is 31.6 Å². The maximum absolute atomic E-state index is 13.4. The Kier molecular flexibility index (Phi) is 6.16. The highest BCUT2D eigenvalue weighted by Crippen LogP contribution is 2.08. The Labute approximate surface area is 104 Å². The van der Waals surface area contributed by atoms with Gasteiger partial charge in [-0.3, -0.25) is 0 Å². The largest absolute Gasteiger partial charge is 0.315 e. The van der Waals surface area contributed by atoms with E-state index in [9.17, 15) is 4.39 Å². The fourth-order valence-corrected chi connectivity index (χ4v) is 1.66. The van der Waals surface area contributed by atoms with Gasteiger partial charge in [0.25, 0.3) is 0 Å². The van der Waals surface area contributed by atoms with Crippen molar-refractivity contribution in [1.29, 1.82) is 0 Å². The van der Waals surface area contributed by atoms with E-state index in [1.54, 1.807) is 6.07 Å². The first-order valence-electron chi connectivity index (χ1n) is 6.22. The van der Waals surface area contributed by atoms with Gasteiger partial charge >= 0.3 is 0 Å². The van der Waals surface area contributed by atoms with E-state index in [0.29, 0.717) is 12.5 Å². The fourth-order valence-electron chi connectivity index (χ4n) is 1.66. The molecule has 0 aliphatic heterocycles. The van der Waals surface area contributed by atoms with Crippen LogP contribution < -0.4 is 5.32 Å². The lowest BCUT2D eigenvalue weighted by Crippen LogP contribution is -2.31. The third-order valence-corrected chi connectivity index (χ3v) is 2.62. The Hall–Kier alpha value is -0.930. The average Bonchev–Trinajstić information content (AvgIpc) is 2.27. The molecule has 0 spiro atoms. The highest BCUT2D eigenvalue weighted by molar-refractivity contribution is 5.16. The van der Waals surface area contributed by atoms with E-state index >= 15 is 0 Å². The molecule has 0 aliphatic carbocycles. The van der Waals surface area contributed by atoms with Crippen LogP contribution in [0.1, 0.15) is 19.4 Å². The second-order valence-corrected chi connectivity index (χ2v) is 4.93. The highest BCUT2D eigenvalue weighted by Gasteiger charge is 2.04. The van der Waals surface area contributed by atoms with Crippen molar-refractivity contribution in [1.82, 2.24) is 10.2 Å². The summed E-state index contributed by atoms with van der Waals surface area (Å²) >= 11 is 0. The van der Waals surface area contributed by atoms with Crippen LogP contribution in [0.25, 0.3) is 0 Å². The molecule has 0 aliphatic rings. The lowest BCUT2D eigenvalue weighted by atomic mass is 10.2. The maximum atomic E-state index is 13.4. The predicted octanol–water partition coefficient (Wildman–Crippen LogP) is 2.50. The van der Waals surface area contributed by atoms with Gasteiger partial charge in [-0.05, 0) is 25.6 Å². The second-order valence-electron chi connectivity index (χ2n) is 4.93. The topological polar surface area (TPSA) is 15.3 Å². The summed E-state index contributed by atoms with van der Waals surface area (Å²) in [5.74, 6) is 0.557. The number of nitrogens with one attached hydrogen (secondary N) is 1. The summed E-state index contributed by atoms with van der Waals surface area (Å²) in [5.41, 5.74) is 0.763. The molecule has 0 saturated carbocycles. The van der Waals surface area contributed by atoms with E-state index in [0.717, 1.165) is 25.2 Å². The summed E-state index contributed by atoms with van der Waals surface area (Å²) in [6.07, 6.45) is 0. The van der Waals surface area contributed by atoms with Crippen LogP contribution >= 0.6 is 0 Å². The number of rotatable bonds is 7. The molecule has 0 unspecified atom stereocenters. The molecular formula is C14H23FN2. The van der Waals surface area contributed by atoms with Gasteiger partial charge in [-0.25, -0.2) is 4.39 Å². The average molecular weight is 238 g/mol. The second kappa shape index (κ2) is 7.41. The van der Waals surface area contributed by atoms with Crippen LogP contribution in [-0.2, 0) is 6.54 Å². The number of halogens is 1. The van der Waals surface area contributed by atoms with Gasteiger partial charge in [0.15, 0.2) is 0 Å². The van der Waals surface area contributed by atoms with E-state index in [1.165, 1.54) is 6.07 Å². The quantitative estimate of drug-likeness (QED) is 0.734. The van der Waals surface area contributed by atoms with Crippen molar-refractivity contribution in [2.24, 2.45) is 5.92 Å². The molecule has 0 atom stereocenters. The monoisotopic (exact) mass is 238 g/mol. The summed E-state index contributed by atoms with van der Waals surface area (Å²) in [4.78, 5) is 2.13. The molecule has 1 aromatic carbocycles. The van der Waals surface area contributed by atoms with Crippen LogP contribution in [0.5, 0.6) is 0 Å². The summed E-state index contributed by atoms with van der Waals surface area (Å²) in [5, 5.41) is 3.38. The number of benzene rings is 1. The maximum Gasteiger partial charge on any atom is 0.127 e. The van der Waals surface area contributed by atoms with Crippen LogP contribution in [0.2, 0.25) is 0 Å². The van der Waals surface area contributed by atoms with Crippen molar-refractivity contribution >= 4 is 0 Å². The lowest BCUT2D eigenvalue weighted by Gasteiger charge is -2.17. The predicted molar refractivity (Wildman–Crippen MR) is 70.4 cm³/mol. The van der Waals surface area contributed by atoms with Crippen LogP contribution in [0, 0.1) is 11.7 Å². The van der Waals surface area contributed by atoms with Crippen LogP contribution in [0.15, 0.2) is 24.3 Å². The molecule has 1 N–H and O–H groups in total. The zero-order chi connectivity index (χ0) is 12.7. The molecule has 0 heterocycles. The molecule has 0 bridgehead atoms. The van der Waals surface area contributed by atoms with Crippen molar-refractivity contribution in [3.63, 3.8) is 0 Å². The molecule has 96 valence electrons. The Morgan fingerprint density at radius 1 is 1.29 bits per heavy atom. The Bertz CT molecular complexity index is 326. The zero-order valence-electron chi connectivity index (χ0n) is 11.0. The molecule has 0 aromatic heterocycles. The first-order valence-corrected chi connectivity index (χ1v) is 6.22. The molecule has 3 heteroatoms. The van der Waals surface area contributed by atoms with Crippen molar-refractivity contribution < 1.29 is 4.39 Å². The van der Waals surface area contributed by atoms with Gasteiger partial charge in [0, 0.05) is 25.2 Å². The number of likely N-dealkylation sites (N-methyl/N-ethyl adjacent to an activating group) is 1. The molecule has 0 saturated heterocycles. The highest BCUT2D eigenvalue weighted by atomic mass is 19.1. The minimum Gasteiger partial charge on any atom is -0.315 e. The van der Waals surface area contributed by atoms with E-state index in [4.69, 9.17) is 0 Å². The van der Waals surface area contributed by atoms with Gasteiger partial charge in [0.1, 0.15) is 5.82 Å². The molecule has 1 aromatic rings. The smallest absolute Gasteiger partial charge is 0.127 e. The van der Waals surface area contributed by atoms with Crippen LogP contribution in [0.3, 0.4) is 0 Å². The Morgan fingerprint density at radius 2 is 2.00 bits per heavy atom. The molecule has 17 heavy (non-hydrogen) atoms. The van der Waals surface area contributed by atoms with Gasteiger partial charge in [0.05, 0.1) is 0 Å². The number of hydrogen-bond donors (Lipinski definition) is 1. The van der Waals surface area contributed by atoms with Crippen LogP contribution in [0.4, 0.5) is 4.39 Å². The Balaban J connectivity index is 2.25. The number of hydrogen-bond acceptors (Lipinski definition) is 2. The van der Waals surface area contributed by atoms with Crippen molar-refractivity contribution in [3.05, 3.63) is 35.6 Å². The van der Waals surface area contributed by atoms with E-state index in [2.05, 4.69) is 24.1 Å². The summed E-state index contributed by atoms with van der Waals surface area (Å²) in [6, 6.07) is 6.96. The SMILES string of the molecule is CC(C)CNCCN(C)Cc1ccccc1F. The van der Waals surface area contributed by atoms with Gasteiger partial charge in [-0.2, -0.15) is 0 Å². The molecule has 2 nitrogen and oxygen atoms in total. The number of nitrogens with zero attached hydrogens (tertiary/aromatic N) is 1. The van der Waals surface area contributed by atoms with Crippen molar-refractivity contribution in [2.45, 2.75) is 20.4 Å². The fraction of sp³-hybridized carbons (Fsp3) is 0.571. The van der Waals surface area contributed by atoms with E-state index in [1.807, 2.05) is 19.2 Å². The third kappa shape index (κ3) is 5.80. The summed E-state index contributed by atoms with van der Waals surface area (Å²) in [6.45, 7) is 7.96. The molecule has 0 radical (unpaired) electrons. The first-order chi connectivity index (χ1) is 8.09. The van der Waals surface area contributed by atoms with Crippen molar-refractivity contribution in [2.75, 3.05) is 26.7 Å². The molecule has 0 amide bonds. The minimum absolute atomic E-state index is 0.116. The van der Waals surface area contributed by atoms with Gasteiger partial charge < -0.3 is 10.2 Å². The molecule has 1 rings (SSSR count). The van der Waals surface area contributed by atoms with Crippen molar-refractivity contribution in [3.8, 4) is 0 Å². The van der Waals surface area contributed by atoms with Gasteiger partial charge in [0.2, 0.25) is 0 Å². The summed E-state index contributed by atoms with van der Waals surface area (Å²) < 4.78 is 13.4. The molecular weight excluding hydrogens is 215 g/mol. The zero-order valence-corrected chi connectivity index (χ0v) is 11.0. The Morgan fingerprint density at radius 3 is 2.65 bits per heavy atom. The third-order valence-electron chi connectivity index (χ3n) is 2.62. The molecule has 0 fully saturated rings. The minimum atomic E-state index is -0.116. The lowest BCUT2D eigenvalue weighted by molar-refractivity contribution is 0.316.